The van der Waals surface area contributed by atoms with E-state index < -0.39 is 9.85 Å². The largest absolute Gasteiger partial charge is 0.472 e. The molecule has 1 unspecified atom stereocenters. The highest BCUT2D eigenvalue weighted by Crippen LogP contribution is 2.29. The van der Waals surface area contributed by atoms with Crippen LogP contribution in [0, 0.1) is 20.2 Å². The summed E-state index contributed by atoms with van der Waals surface area (Å²) in [5, 5.41) is 24.9. The van der Waals surface area contributed by atoms with E-state index in [0.29, 0.717) is 19.1 Å². The number of nitrogens with zero attached hydrogens (tertiary/aromatic N) is 3. The number of aromatic nitrogens is 1. The Bertz CT molecular complexity index is 822. The van der Waals surface area contributed by atoms with Crippen molar-refractivity contribution in [3.63, 3.8) is 0 Å². The summed E-state index contributed by atoms with van der Waals surface area (Å²) in [6, 6.07) is 6.97. The average molecular weight is 360 g/mol. The number of ether oxygens (including phenoxy) is 2. The summed E-state index contributed by atoms with van der Waals surface area (Å²) < 4.78 is 11.0. The van der Waals surface area contributed by atoms with E-state index in [1.807, 2.05) is 0 Å². The summed E-state index contributed by atoms with van der Waals surface area (Å²) in [7, 11) is 0. The maximum atomic E-state index is 11.2. The lowest BCUT2D eigenvalue weighted by Gasteiger charge is -2.12. The smallest absolute Gasteiger partial charge is 0.299 e. The van der Waals surface area contributed by atoms with Crippen LogP contribution in [0.15, 0.2) is 36.5 Å². The van der Waals surface area contributed by atoms with Gasteiger partial charge in [0.2, 0.25) is 5.88 Å². The number of hydrogen-bond acceptors (Lipinski definition) is 8. The Morgan fingerprint density at radius 3 is 2.77 bits per heavy atom. The minimum absolute atomic E-state index is 0.0264. The fraction of sp³-hybridized carbons (Fsp3) is 0.312. The topological polar surface area (TPSA) is 130 Å². The summed E-state index contributed by atoms with van der Waals surface area (Å²) in [5.41, 5.74) is 0.319. The first-order valence-electron chi connectivity index (χ1n) is 7.89. The molecule has 1 fully saturated rings. The van der Waals surface area contributed by atoms with E-state index >= 15 is 0 Å². The van der Waals surface area contributed by atoms with Gasteiger partial charge in [-0.1, -0.05) is 0 Å². The van der Waals surface area contributed by atoms with Gasteiger partial charge in [0, 0.05) is 31.3 Å². The van der Waals surface area contributed by atoms with Gasteiger partial charge in [0.25, 0.3) is 11.4 Å². The molecular formula is C16H16N4O6. The van der Waals surface area contributed by atoms with Crippen LogP contribution in [-0.2, 0) is 11.3 Å². The van der Waals surface area contributed by atoms with Crippen LogP contribution in [0.1, 0.15) is 12.0 Å². The first kappa shape index (κ1) is 17.5. The van der Waals surface area contributed by atoms with Crippen LogP contribution in [0.4, 0.5) is 17.1 Å². The fourth-order valence-corrected chi connectivity index (χ4v) is 2.53. The maximum Gasteiger partial charge on any atom is 0.299 e. The number of nitro benzene ring substituents is 2. The van der Waals surface area contributed by atoms with Gasteiger partial charge in [0.15, 0.2) is 0 Å². The zero-order chi connectivity index (χ0) is 18.5. The van der Waals surface area contributed by atoms with E-state index in [1.54, 1.807) is 18.3 Å². The maximum absolute atomic E-state index is 11.2. The highest BCUT2D eigenvalue weighted by Gasteiger charge is 2.20. The summed E-state index contributed by atoms with van der Waals surface area (Å²) >= 11 is 0. The van der Waals surface area contributed by atoms with Gasteiger partial charge in [-0.25, -0.2) is 4.98 Å². The number of hydrogen-bond donors (Lipinski definition) is 1. The molecule has 26 heavy (non-hydrogen) atoms. The van der Waals surface area contributed by atoms with Gasteiger partial charge in [0.05, 0.1) is 29.1 Å². The van der Waals surface area contributed by atoms with Crippen molar-refractivity contribution in [1.82, 2.24) is 4.98 Å². The molecule has 1 aromatic heterocycles. The molecule has 2 heterocycles. The summed E-state index contributed by atoms with van der Waals surface area (Å²) in [6.07, 6.45) is 2.37. The normalized spacial score (nSPS) is 16.2. The van der Waals surface area contributed by atoms with Crippen LogP contribution >= 0.6 is 0 Å². The molecule has 0 aliphatic carbocycles. The average Bonchev–Trinajstić information content (AvgIpc) is 3.13. The molecule has 1 atom stereocenters. The molecule has 0 saturated carbocycles. The van der Waals surface area contributed by atoms with E-state index in [1.165, 1.54) is 12.1 Å². The van der Waals surface area contributed by atoms with Crippen LogP contribution in [0.25, 0.3) is 0 Å². The van der Waals surface area contributed by atoms with Crippen molar-refractivity contribution in [3.8, 4) is 5.88 Å². The zero-order valence-electron chi connectivity index (χ0n) is 13.7. The third-order valence-corrected chi connectivity index (χ3v) is 3.85. The van der Waals surface area contributed by atoms with Crippen LogP contribution in [0.2, 0.25) is 0 Å². The SMILES string of the molecule is O=[N+]([O-])c1ccc(NCc2ccnc(OC3CCOC3)c2)c([N+](=O)[O-])c1. The number of pyridine rings is 1. The Labute approximate surface area is 148 Å². The van der Waals surface area contributed by atoms with E-state index in [4.69, 9.17) is 9.47 Å². The third-order valence-electron chi connectivity index (χ3n) is 3.85. The number of nitrogens with one attached hydrogen (secondary N) is 1. The number of anilines is 1. The Morgan fingerprint density at radius 1 is 1.23 bits per heavy atom. The lowest BCUT2D eigenvalue weighted by Crippen LogP contribution is -2.16. The Morgan fingerprint density at radius 2 is 2.08 bits per heavy atom. The van der Waals surface area contributed by atoms with Crippen LogP contribution in [0.3, 0.4) is 0 Å². The monoisotopic (exact) mass is 360 g/mol. The van der Waals surface area contributed by atoms with Gasteiger partial charge < -0.3 is 14.8 Å². The highest BCUT2D eigenvalue weighted by molar-refractivity contribution is 5.65. The fourth-order valence-electron chi connectivity index (χ4n) is 2.53. The number of nitro groups is 2. The Hall–Kier alpha value is -3.27. The van der Waals surface area contributed by atoms with Crippen molar-refractivity contribution < 1.29 is 19.3 Å². The molecule has 10 nitrogen and oxygen atoms in total. The van der Waals surface area contributed by atoms with Crippen molar-refractivity contribution in [1.29, 1.82) is 0 Å². The lowest BCUT2D eigenvalue weighted by atomic mass is 10.2. The Balaban J connectivity index is 1.70. The molecule has 0 radical (unpaired) electrons. The van der Waals surface area contributed by atoms with Crippen LogP contribution in [-0.4, -0.2) is 34.1 Å². The number of benzene rings is 1. The second kappa shape index (κ2) is 7.74. The van der Waals surface area contributed by atoms with Gasteiger partial charge in [-0.15, -0.1) is 0 Å². The Kier molecular flexibility index (Phi) is 5.23. The van der Waals surface area contributed by atoms with Crippen molar-refractivity contribution in [2.24, 2.45) is 0 Å². The van der Waals surface area contributed by atoms with Gasteiger partial charge in [-0.2, -0.15) is 0 Å². The predicted molar refractivity (Wildman–Crippen MR) is 91.2 cm³/mol. The van der Waals surface area contributed by atoms with Gasteiger partial charge >= 0.3 is 0 Å². The van der Waals surface area contributed by atoms with Gasteiger partial charge in [-0.05, 0) is 17.7 Å². The van der Waals surface area contributed by atoms with Gasteiger partial charge in [-0.3, -0.25) is 20.2 Å². The first-order valence-corrected chi connectivity index (χ1v) is 7.89. The second-order valence-corrected chi connectivity index (χ2v) is 5.68. The molecule has 136 valence electrons. The quantitative estimate of drug-likeness (QED) is 0.589. The number of rotatable bonds is 7. The van der Waals surface area contributed by atoms with Crippen molar-refractivity contribution >= 4 is 17.1 Å². The van der Waals surface area contributed by atoms with Crippen molar-refractivity contribution in [2.45, 2.75) is 19.1 Å². The number of non-ortho nitro benzene ring substituents is 1. The summed E-state index contributed by atoms with van der Waals surface area (Å²) in [6.45, 7) is 1.47. The first-order chi connectivity index (χ1) is 12.5. The minimum Gasteiger partial charge on any atom is -0.472 e. The molecule has 1 N–H and O–H groups in total. The molecule has 0 bridgehead atoms. The van der Waals surface area contributed by atoms with Crippen LogP contribution in [0.5, 0.6) is 5.88 Å². The molecule has 1 saturated heterocycles. The van der Waals surface area contributed by atoms with Gasteiger partial charge in [0.1, 0.15) is 11.8 Å². The summed E-state index contributed by atoms with van der Waals surface area (Å²) in [5.74, 6) is 0.456. The van der Waals surface area contributed by atoms with E-state index in [0.717, 1.165) is 18.1 Å². The van der Waals surface area contributed by atoms with E-state index in [2.05, 4.69) is 10.3 Å². The van der Waals surface area contributed by atoms with Crippen molar-refractivity contribution in [3.05, 3.63) is 62.3 Å². The zero-order valence-corrected chi connectivity index (χ0v) is 13.7. The standard InChI is InChI=1S/C16H16N4O6/c21-19(22)12-1-2-14(15(8-12)20(23)24)18-9-11-3-5-17-16(7-11)26-13-4-6-25-10-13/h1-3,5,7-8,13,18H,4,6,9-10H2. The molecule has 1 aromatic carbocycles. The summed E-state index contributed by atoms with van der Waals surface area (Å²) in [4.78, 5) is 24.8. The predicted octanol–water partition coefficient (Wildman–Crippen LogP) is 2.68. The second-order valence-electron chi connectivity index (χ2n) is 5.68. The minimum atomic E-state index is -0.671. The van der Waals surface area contributed by atoms with Crippen LogP contribution < -0.4 is 10.1 Å². The molecule has 0 spiro atoms. The molecule has 1 aliphatic rings. The van der Waals surface area contributed by atoms with Crippen molar-refractivity contribution in [2.75, 3.05) is 18.5 Å². The third kappa shape index (κ3) is 4.22. The van der Waals surface area contributed by atoms with E-state index in [9.17, 15) is 20.2 Å². The lowest BCUT2D eigenvalue weighted by molar-refractivity contribution is -0.393. The molecule has 1 aliphatic heterocycles. The molecular weight excluding hydrogens is 344 g/mol. The van der Waals surface area contributed by atoms with E-state index in [-0.39, 0.29) is 29.7 Å². The highest BCUT2D eigenvalue weighted by atomic mass is 16.6. The molecule has 3 rings (SSSR count). The molecule has 0 amide bonds. The molecule has 2 aromatic rings. The molecule has 10 heteroatoms.